The van der Waals surface area contributed by atoms with Crippen molar-refractivity contribution in [2.24, 2.45) is 11.8 Å². The third-order valence-corrected chi connectivity index (χ3v) is 93.8. The molecule has 0 radical (unpaired) electrons. The Labute approximate surface area is 126 Å². The first-order chi connectivity index (χ1) is 10.9. The van der Waals surface area contributed by atoms with Gasteiger partial charge in [-0.05, 0) is 0 Å². The molecule has 0 bridgehead atoms. The summed E-state index contributed by atoms with van der Waals surface area (Å²) in [6.07, 6.45) is 13.3. The molecule has 5 unspecified atom stereocenters. The second kappa shape index (κ2) is 1.04. The average molecular weight is 342 g/mol. The third kappa shape index (κ3) is 0.123. The predicted molar refractivity (Wildman–Crippen MR) is 88.5 cm³/mol. The van der Waals surface area contributed by atoms with Crippen molar-refractivity contribution in [3.8, 4) is 0 Å². The topological polar surface area (TPSA) is 0 Å². The molecule has 12 rings (SSSR count). The van der Waals surface area contributed by atoms with Crippen molar-refractivity contribution in [2.75, 3.05) is 0 Å². The quantitative estimate of drug-likeness (QED) is 0.463. The summed E-state index contributed by atoms with van der Waals surface area (Å²) in [4.78, 5) is 0. The summed E-state index contributed by atoms with van der Waals surface area (Å²) in [5.41, 5.74) is 0. The monoisotopic (exact) mass is 342 g/mol. The molecule has 122 valence electrons. The summed E-state index contributed by atoms with van der Waals surface area (Å²) in [7, 11) is -3.73. The second-order valence-corrected chi connectivity index (χ2v) is 50.5. The number of fused-ring (bicyclic) bond motifs is 10. The van der Waals surface area contributed by atoms with Gasteiger partial charge in [-0.3, -0.25) is 0 Å². The van der Waals surface area contributed by atoms with E-state index in [1.807, 2.05) is 0 Å². The fourth-order valence-corrected chi connectivity index (χ4v) is 170. The van der Waals surface area contributed by atoms with Gasteiger partial charge in [-0.2, -0.15) is 0 Å². The first-order valence-electron chi connectivity index (χ1n) is 11.9. The van der Waals surface area contributed by atoms with Gasteiger partial charge < -0.3 is 0 Å². The van der Waals surface area contributed by atoms with Crippen molar-refractivity contribution in [3.63, 3.8) is 0 Å². The molecule has 5 atom stereocenters. The van der Waals surface area contributed by atoms with Crippen LogP contribution in [-0.2, 0) is 8.89 Å². The van der Waals surface area contributed by atoms with Crippen molar-refractivity contribution in [1.82, 2.24) is 0 Å². The van der Waals surface area contributed by atoms with Crippen LogP contribution in [0.1, 0.15) is 65.2 Å². The van der Waals surface area contributed by atoms with E-state index in [0.29, 0.717) is 0 Å². The Morgan fingerprint density at radius 1 is 0.696 bits per heavy atom. The fourth-order valence-electron chi connectivity index (χ4n) is 34.5. The van der Waals surface area contributed by atoms with Crippen LogP contribution in [0.3, 0.4) is 0 Å². The van der Waals surface area contributed by atoms with Crippen LogP contribution in [0, 0.1) is 11.8 Å². The molecular weight excluding hydrogens is 312 g/mol. The van der Waals surface area contributed by atoms with Gasteiger partial charge in [0, 0.05) is 0 Å². The van der Waals surface area contributed by atoms with Crippen LogP contribution in [0.15, 0.2) is 0 Å². The summed E-state index contributed by atoms with van der Waals surface area (Å²) in [6.45, 7) is 6.03. The molecule has 10 saturated heterocycles. The van der Waals surface area contributed by atoms with E-state index in [0.717, 1.165) is 11.2 Å². The zero-order chi connectivity index (χ0) is 14.6. The van der Waals surface area contributed by atoms with Gasteiger partial charge in [0.25, 0.3) is 0 Å². The zero-order valence-corrected chi connectivity index (χ0v) is 16.3. The summed E-state index contributed by atoms with van der Waals surface area (Å²) in [6, 6.07) is 0. The Hall–Kier alpha value is 0.714. The Bertz CT molecular complexity index is 1200. The molecule has 0 nitrogen and oxygen atoms in total. The van der Waals surface area contributed by atoms with Crippen molar-refractivity contribution < 1.29 is 8.89 Å². The Balaban J connectivity index is 1.43. The van der Waals surface area contributed by atoms with E-state index in [1.54, 1.807) is 51.4 Å². The molecule has 2 saturated carbocycles. The number of hydrogen-bond donors (Lipinski definition) is 0. The molecule has 10 heterocycles. The molecule has 23 heavy (non-hydrogen) atoms. The normalized spacial score (nSPS) is 110. The van der Waals surface area contributed by atoms with E-state index in [9.17, 15) is 0 Å². The Morgan fingerprint density at radius 3 is 1.61 bits per heavy atom. The van der Waals surface area contributed by atoms with Crippen molar-refractivity contribution in [2.45, 2.75) is 105 Å². The van der Waals surface area contributed by atoms with Gasteiger partial charge in [-0.15, -0.1) is 0 Å². The molecule has 0 N–H and O–H groups in total. The first-order valence-corrected chi connectivity index (χ1v) is 20.5. The molecule has 0 aromatic rings. The van der Waals surface area contributed by atoms with Crippen LogP contribution in [0.2, 0.25) is 40.2 Å². The molecule has 12 fully saturated rings. The van der Waals surface area contributed by atoms with Crippen molar-refractivity contribution in [3.05, 3.63) is 0 Å². The first kappa shape index (κ1) is 10.2. The van der Waals surface area contributed by atoms with Gasteiger partial charge in [-0.25, -0.2) is 0 Å². The van der Waals surface area contributed by atoms with Crippen LogP contribution in [0.25, 0.3) is 0 Å². The summed E-state index contributed by atoms with van der Waals surface area (Å²) >= 11 is 0. The minimum atomic E-state index is -3.73. The van der Waals surface area contributed by atoms with E-state index >= 15 is 0 Å². The molecular formula is C22H30Ti. The van der Waals surface area contributed by atoms with Gasteiger partial charge >= 0.3 is 126 Å². The van der Waals surface area contributed by atoms with Crippen LogP contribution < -0.4 is 0 Å². The summed E-state index contributed by atoms with van der Waals surface area (Å²) < 4.78 is 13.7. The van der Waals surface area contributed by atoms with E-state index in [4.69, 9.17) is 0 Å². The SMILES string of the molecule is C[C]12[CH]3[C]4(C5CCCC5)[C]5(C6CCCC6)[C]1(C)[Ti]32451678[CH]2[CH]1[CH]6[CH]7[CH]28. The van der Waals surface area contributed by atoms with Crippen molar-refractivity contribution >= 4 is 0 Å². The zero-order valence-electron chi connectivity index (χ0n) is 14.8. The van der Waals surface area contributed by atoms with Gasteiger partial charge in [0.1, 0.15) is 0 Å². The van der Waals surface area contributed by atoms with Crippen LogP contribution in [0.5, 0.6) is 0 Å². The maximum atomic E-state index is 3.04. The summed E-state index contributed by atoms with van der Waals surface area (Å²) in [5.74, 6) is 2.60. The number of hydrogen-bond acceptors (Lipinski definition) is 0. The fraction of sp³-hybridized carbons (Fsp3) is 1.00. The molecule has 0 aromatic carbocycles. The van der Waals surface area contributed by atoms with Gasteiger partial charge in [0.2, 0.25) is 0 Å². The van der Waals surface area contributed by atoms with Gasteiger partial charge in [0.05, 0.1) is 0 Å². The Kier molecular flexibility index (Phi) is 0.457. The second-order valence-electron chi connectivity index (χ2n) is 17.7. The van der Waals surface area contributed by atoms with Crippen LogP contribution in [-0.4, -0.2) is 0 Å². The Morgan fingerprint density at radius 2 is 1.17 bits per heavy atom. The molecule has 12 aliphatic rings. The molecule has 0 aromatic heterocycles. The molecule has 0 amide bonds. The molecule has 2 aliphatic carbocycles. The summed E-state index contributed by atoms with van der Waals surface area (Å²) in [5, 5.41) is 0. The van der Waals surface area contributed by atoms with Gasteiger partial charge in [0.15, 0.2) is 0 Å². The van der Waals surface area contributed by atoms with Crippen molar-refractivity contribution in [1.29, 1.82) is 0 Å². The molecule has 1 heteroatoms. The van der Waals surface area contributed by atoms with E-state index in [1.165, 1.54) is 40.9 Å². The third-order valence-electron chi connectivity index (χ3n) is 27.1. The standard InChI is InChI=1S/C17H25.C5H5.Ti/c1-12-11-16(14-7-3-4-8-14)17(13(12)2)15-9-5-6-10-15;1-2-4-5-3-1;/h11,14-15H,3-10H2,1-2H3;1-5H;. The molecule has 10 aliphatic heterocycles. The van der Waals surface area contributed by atoms with E-state index in [2.05, 4.69) is 13.8 Å². The van der Waals surface area contributed by atoms with E-state index in [-0.39, 0.29) is 0 Å². The predicted octanol–water partition coefficient (Wildman–Crippen LogP) is 7.28. The van der Waals surface area contributed by atoms with Crippen LogP contribution >= 0.6 is 0 Å². The maximum absolute atomic E-state index is 3.73. The average Bonchev–Trinajstić information content (AvgIpc) is 3.39. The molecule has 1 spiro atoms. The van der Waals surface area contributed by atoms with Gasteiger partial charge in [-0.1, -0.05) is 0 Å². The van der Waals surface area contributed by atoms with Crippen LogP contribution in [0.4, 0.5) is 0 Å². The van der Waals surface area contributed by atoms with E-state index < -0.39 is 8.89 Å². The number of rotatable bonds is 2. The minimum absolute atomic E-state index is 1.09.